The SMILES string of the molecule is CC(OC(=O)c1ccccc1SCC(=O)N(C)C1CCCCC1)C(=O)Nc1ccccc1C#N. The summed E-state index contributed by atoms with van der Waals surface area (Å²) in [6.45, 7) is 1.47. The van der Waals surface area contributed by atoms with Crippen molar-refractivity contribution in [3.05, 3.63) is 59.7 Å². The second kappa shape index (κ2) is 12.2. The molecule has 1 aliphatic carbocycles. The van der Waals surface area contributed by atoms with Crippen molar-refractivity contribution in [3.63, 3.8) is 0 Å². The molecule has 0 aromatic heterocycles. The summed E-state index contributed by atoms with van der Waals surface area (Å²) in [5, 5.41) is 11.8. The monoisotopic (exact) mass is 479 g/mol. The number of para-hydroxylation sites is 1. The fourth-order valence-corrected chi connectivity index (χ4v) is 4.84. The van der Waals surface area contributed by atoms with E-state index in [9.17, 15) is 19.6 Å². The van der Waals surface area contributed by atoms with Gasteiger partial charge in [-0.05, 0) is 44.0 Å². The summed E-state index contributed by atoms with van der Waals surface area (Å²) in [4.78, 5) is 40.5. The molecule has 1 fully saturated rings. The Bertz CT molecular complexity index is 1080. The predicted octanol–water partition coefficient (Wildman–Crippen LogP) is 4.63. The third-order valence-electron chi connectivity index (χ3n) is 5.93. The zero-order valence-electron chi connectivity index (χ0n) is 19.5. The summed E-state index contributed by atoms with van der Waals surface area (Å²) in [5.74, 6) is -0.931. The number of ether oxygens (including phenoxy) is 1. The largest absolute Gasteiger partial charge is 0.449 e. The minimum absolute atomic E-state index is 0.0315. The zero-order valence-corrected chi connectivity index (χ0v) is 20.3. The molecule has 8 heteroatoms. The van der Waals surface area contributed by atoms with E-state index in [4.69, 9.17) is 4.74 Å². The van der Waals surface area contributed by atoms with Gasteiger partial charge in [-0.3, -0.25) is 9.59 Å². The van der Waals surface area contributed by atoms with Crippen molar-refractivity contribution < 1.29 is 19.1 Å². The Morgan fingerprint density at radius 3 is 2.53 bits per heavy atom. The molecule has 3 rings (SSSR count). The molecule has 0 spiro atoms. The van der Waals surface area contributed by atoms with Crippen molar-refractivity contribution in [3.8, 4) is 6.07 Å². The highest BCUT2D eigenvalue weighted by atomic mass is 32.2. The van der Waals surface area contributed by atoms with Gasteiger partial charge in [0.25, 0.3) is 5.91 Å². The maximum atomic E-state index is 12.8. The van der Waals surface area contributed by atoms with E-state index in [1.807, 2.05) is 18.0 Å². The van der Waals surface area contributed by atoms with Crippen LogP contribution in [0, 0.1) is 11.3 Å². The van der Waals surface area contributed by atoms with Crippen LogP contribution in [0.3, 0.4) is 0 Å². The standard InChI is InChI=1S/C26H29N3O4S/c1-18(25(31)28-22-14-8-6-10-19(22)16-27)33-26(32)21-13-7-9-15-23(21)34-17-24(30)29(2)20-11-4-3-5-12-20/h6-10,13-15,18,20H,3-5,11-12,17H2,1-2H3,(H,28,31). The first-order valence-electron chi connectivity index (χ1n) is 11.4. The Hall–Kier alpha value is -3.31. The lowest BCUT2D eigenvalue weighted by Crippen LogP contribution is -2.39. The molecule has 1 saturated carbocycles. The Morgan fingerprint density at radius 1 is 1.12 bits per heavy atom. The smallest absolute Gasteiger partial charge is 0.340 e. The molecule has 1 atom stereocenters. The average molecular weight is 480 g/mol. The zero-order chi connectivity index (χ0) is 24.5. The number of nitriles is 1. The van der Waals surface area contributed by atoms with Crippen LogP contribution in [0.5, 0.6) is 0 Å². The number of amides is 2. The molecule has 0 bridgehead atoms. The number of anilines is 1. The van der Waals surface area contributed by atoms with Crippen LogP contribution in [0.25, 0.3) is 0 Å². The molecular formula is C26H29N3O4S. The molecule has 0 saturated heterocycles. The Kier molecular flexibility index (Phi) is 9.11. The number of hydrogen-bond donors (Lipinski definition) is 1. The molecule has 2 aromatic rings. The lowest BCUT2D eigenvalue weighted by Gasteiger charge is -2.31. The second-order valence-corrected chi connectivity index (χ2v) is 9.29. The highest BCUT2D eigenvalue weighted by Gasteiger charge is 2.24. The quantitative estimate of drug-likeness (QED) is 0.438. The molecule has 0 aliphatic heterocycles. The first-order chi connectivity index (χ1) is 16.4. The fraction of sp³-hybridized carbons (Fsp3) is 0.385. The van der Waals surface area contributed by atoms with Gasteiger partial charge in [-0.25, -0.2) is 4.79 Å². The molecule has 178 valence electrons. The summed E-state index contributed by atoms with van der Waals surface area (Å²) < 4.78 is 5.39. The molecule has 0 radical (unpaired) electrons. The van der Waals surface area contributed by atoms with Gasteiger partial charge in [0.1, 0.15) is 6.07 Å². The van der Waals surface area contributed by atoms with Crippen LogP contribution in [0.1, 0.15) is 54.9 Å². The van der Waals surface area contributed by atoms with Crippen molar-refractivity contribution in [1.82, 2.24) is 4.90 Å². The molecule has 1 aliphatic rings. The molecule has 1 unspecified atom stereocenters. The molecule has 0 heterocycles. The summed E-state index contributed by atoms with van der Waals surface area (Å²) >= 11 is 1.29. The van der Waals surface area contributed by atoms with Crippen LogP contribution >= 0.6 is 11.8 Å². The number of hydrogen-bond acceptors (Lipinski definition) is 6. The van der Waals surface area contributed by atoms with Gasteiger partial charge in [-0.2, -0.15) is 5.26 Å². The van der Waals surface area contributed by atoms with Gasteiger partial charge in [0.05, 0.1) is 22.6 Å². The van der Waals surface area contributed by atoms with Gasteiger partial charge in [-0.15, -0.1) is 11.8 Å². The Morgan fingerprint density at radius 2 is 1.79 bits per heavy atom. The number of thioether (sulfide) groups is 1. The molecule has 34 heavy (non-hydrogen) atoms. The van der Waals surface area contributed by atoms with E-state index >= 15 is 0 Å². The van der Waals surface area contributed by atoms with Crippen molar-refractivity contribution in [1.29, 1.82) is 5.26 Å². The van der Waals surface area contributed by atoms with Crippen molar-refractivity contribution in [2.45, 2.75) is 56.1 Å². The number of esters is 1. The van der Waals surface area contributed by atoms with Crippen LogP contribution < -0.4 is 5.32 Å². The van der Waals surface area contributed by atoms with Gasteiger partial charge in [0.15, 0.2) is 6.10 Å². The number of rotatable bonds is 8. The van der Waals surface area contributed by atoms with Gasteiger partial charge < -0.3 is 15.0 Å². The third-order valence-corrected chi connectivity index (χ3v) is 6.99. The highest BCUT2D eigenvalue weighted by molar-refractivity contribution is 8.00. The van der Waals surface area contributed by atoms with E-state index in [1.165, 1.54) is 25.1 Å². The summed E-state index contributed by atoms with van der Waals surface area (Å²) in [6.07, 6.45) is 4.53. The highest BCUT2D eigenvalue weighted by Crippen LogP contribution is 2.26. The van der Waals surface area contributed by atoms with Crippen molar-refractivity contribution >= 4 is 35.2 Å². The van der Waals surface area contributed by atoms with Gasteiger partial charge in [0, 0.05) is 18.0 Å². The number of benzene rings is 2. The van der Waals surface area contributed by atoms with E-state index in [1.54, 1.807) is 48.5 Å². The van der Waals surface area contributed by atoms with Crippen LogP contribution in [0.15, 0.2) is 53.4 Å². The van der Waals surface area contributed by atoms with Gasteiger partial charge in [0.2, 0.25) is 5.91 Å². The Balaban J connectivity index is 1.59. The first-order valence-corrected chi connectivity index (χ1v) is 12.4. The molecule has 2 amide bonds. The van der Waals surface area contributed by atoms with Crippen molar-refractivity contribution in [2.75, 3.05) is 18.1 Å². The van der Waals surface area contributed by atoms with Crippen LogP contribution in [-0.4, -0.2) is 47.6 Å². The van der Waals surface area contributed by atoms with Crippen LogP contribution in [0.4, 0.5) is 5.69 Å². The average Bonchev–Trinajstić information content (AvgIpc) is 2.87. The topological polar surface area (TPSA) is 99.5 Å². The number of carbonyl (C=O) groups is 3. The molecular weight excluding hydrogens is 450 g/mol. The first kappa shape index (κ1) is 25.3. The van der Waals surface area contributed by atoms with Crippen LogP contribution in [0.2, 0.25) is 0 Å². The van der Waals surface area contributed by atoms with E-state index in [0.717, 1.165) is 25.7 Å². The lowest BCUT2D eigenvalue weighted by molar-refractivity contribution is -0.129. The number of nitrogens with zero attached hydrogens (tertiary/aromatic N) is 2. The Labute approximate surface area is 204 Å². The second-order valence-electron chi connectivity index (χ2n) is 8.28. The summed E-state index contributed by atoms with van der Waals surface area (Å²) in [6, 6.07) is 15.8. The summed E-state index contributed by atoms with van der Waals surface area (Å²) in [5.41, 5.74) is 0.978. The van der Waals surface area contributed by atoms with Crippen LogP contribution in [-0.2, 0) is 14.3 Å². The lowest BCUT2D eigenvalue weighted by atomic mass is 9.94. The minimum atomic E-state index is -1.07. The van der Waals surface area contributed by atoms with Gasteiger partial charge >= 0.3 is 5.97 Å². The number of carbonyl (C=O) groups excluding carboxylic acids is 3. The maximum Gasteiger partial charge on any atom is 0.340 e. The minimum Gasteiger partial charge on any atom is -0.449 e. The molecule has 1 N–H and O–H groups in total. The fourth-order valence-electron chi connectivity index (χ4n) is 3.88. The number of nitrogens with one attached hydrogen (secondary N) is 1. The predicted molar refractivity (Wildman–Crippen MR) is 131 cm³/mol. The van der Waals surface area contributed by atoms with E-state index in [0.29, 0.717) is 21.7 Å². The molecule has 7 nitrogen and oxygen atoms in total. The normalized spacial score (nSPS) is 14.5. The van der Waals surface area contributed by atoms with Gasteiger partial charge in [-0.1, -0.05) is 43.5 Å². The van der Waals surface area contributed by atoms with E-state index in [2.05, 4.69) is 5.32 Å². The maximum absolute atomic E-state index is 12.8. The van der Waals surface area contributed by atoms with Crippen molar-refractivity contribution in [2.24, 2.45) is 0 Å². The summed E-state index contributed by atoms with van der Waals surface area (Å²) in [7, 11) is 1.85. The molecule has 2 aromatic carbocycles. The van der Waals surface area contributed by atoms with E-state index < -0.39 is 18.0 Å². The van der Waals surface area contributed by atoms with E-state index in [-0.39, 0.29) is 17.7 Å². The third kappa shape index (κ3) is 6.61.